The zero-order chi connectivity index (χ0) is 12.0. The van der Waals surface area contributed by atoms with E-state index < -0.39 is 5.91 Å². The summed E-state index contributed by atoms with van der Waals surface area (Å²) < 4.78 is 9.95. The van der Waals surface area contributed by atoms with Crippen molar-refractivity contribution in [1.29, 1.82) is 0 Å². The molecule has 0 saturated carbocycles. The van der Waals surface area contributed by atoms with Crippen molar-refractivity contribution in [1.82, 2.24) is 5.32 Å². The van der Waals surface area contributed by atoms with Crippen LogP contribution in [0.15, 0.2) is 0 Å². The minimum Gasteiger partial charge on any atom is -0.379 e. The molecule has 0 bridgehead atoms. The fourth-order valence-electron chi connectivity index (χ4n) is 1.39. The van der Waals surface area contributed by atoms with Gasteiger partial charge in [0, 0.05) is 12.6 Å². The fourth-order valence-corrected chi connectivity index (χ4v) is 1.39. The Labute approximate surface area is 93.4 Å². The van der Waals surface area contributed by atoms with Crippen molar-refractivity contribution < 1.29 is 19.1 Å². The van der Waals surface area contributed by atoms with Crippen LogP contribution in [-0.4, -0.2) is 50.8 Å². The van der Waals surface area contributed by atoms with E-state index in [-0.39, 0.29) is 31.1 Å². The predicted octanol–water partition coefficient (Wildman–Crippen LogP) is -2.42. The molecule has 1 rings (SSSR count). The van der Waals surface area contributed by atoms with Crippen molar-refractivity contribution in [2.24, 2.45) is 17.4 Å². The lowest BCUT2D eigenvalue weighted by Crippen LogP contribution is -2.42. The summed E-state index contributed by atoms with van der Waals surface area (Å²) in [5.74, 6) is -0.971. The SMILES string of the molecule is NC(=O)COCCNC(=O)C1COCC1N. The van der Waals surface area contributed by atoms with Crippen LogP contribution in [-0.2, 0) is 19.1 Å². The first-order valence-corrected chi connectivity index (χ1v) is 5.08. The highest BCUT2D eigenvalue weighted by molar-refractivity contribution is 5.79. The van der Waals surface area contributed by atoms with E-state index in [0.717, 1.165) is 0 Å². The monoisotopic (exact) mass is 231 g/mol. The molecule has 1 aliphatic heterocycles. The number of carbonyl (C=O) groups is 2. The highest BCUT2D eigenvalue weighted by Crippen LogP contribution is 2.10. The molecule has 2 amide bonds. The van der Waals surface area contributed by atoms with E-state index in [1.807, 2.05) is 0 Å². The highest BCUT2D eigenvalue weighted by Gasteiger charge is 2.30. The first-order valence-electron chi connectivity index (χ1n) is 5.08. The van der Waals surface area contributed by atoms with Crippen LogP contribution in [0, 0.1) is 5.92 Å². The van der Waals surface area contributed by atoms with E-state index in [4.69, 9.17) is 20.9 Å². The Balaban J connectivity index is 2.08. The third-order valence-electron chi connectivity index (χ3n) is 2.25. The normalized spacial score (nSPS) is 24.3. The van der Waals surface area contributed by atoms with Crippen LogP contribution >= 0.6 is 0 Å². The maximum absolute atomic E-state index is 11.5. The van der Waals surface area contributed by atoms with Crippen LogP contribution in [0.3, 0.4) is 0 Å². The molecule has 16 heavy (non-hydrogen) atoms. The summed E-state index contributed by atoms with van der Waals surface area (Å²) in [6.45, 7) is 1.21. The van der Waals surface area contributed by atoms with Gasteiger partial charge < -0.3 is 26.3 Å². The quantitative estimate of drug-likeness (QED) is 0.440. The van der Waals surface area contributed by atoms with Gasteiger partial charge in [-0.1, -0.05) is 0 Å². The Morgan fingerprint density at radius 2 is 2.19 bits per heavy atom. The van der Waals surface area contributed by atoms with Gasteiger partial charge in [0.2, 0.25) is 11.8 Å². The third kappa shape index (κ3) is 4.13. The summed E-state index contributed by atoms with van der Waals surface area (Å²) in [7, 11) is 0. The van der Waals surface area contributed by atoms with Crippen LogP contribution in [0.5, 0.6) is 0 Å². The van der Waals surface area contributed by atoms with Gasteiger partial charge in [-0.15, -0.1) is 0 Å². The fraction of sp³-hybridized carbons (Fsp3) is 0.778. The number of nitrogens with one attached hydrogen (secondary N) is 1. The molecule has 0 aromatic heterocycles. The number of rotatable bonds is 6. The summed E-state index contributed by atoms with van der Waals surface area (Å²) >= 11 is 0. The summed E-state index contributed by atoms with van der Waals surface area (Å²) in [6, 6.07) is -0.244. The Bertz CT molecular complexity index is 259. The number of hydrogen-bond acceptors (Lipinski definition) is 5. The second-order valence-corrected chi connectivity index (χ2v) is 3.62. The first kappa shape index (κ1) is 12.9. The smallest absolute Gasteiger partial charge is 0.243 e. The van der Waals surface area contributed by atoms with Gasteiger partial charge in [0.1, 0.15) is 6.61 Å². The molecule has 7 heteroatoms. The van der Waals surface area contributed by atoms with Crippen LogP contribution < -0.4 is 16.8 Å². The third-order valence-corrected chi connectivity index (χ3v) is 2.25. The molecule has 0 aromatic rings. The zero-order valence-corrected chi connectivity index (χ0v) is 8.98. The van der Waals surface area contributed by atoms with E-state index in [1.165, 1.54) is 0 Å². The van der Waals surface area contributed by atoms with Gasteiger partial charge in [-0.25, -0.2) is 0 Å². The van der Waals surface area contributed by atoms with Crippen LogP contribution in [0.25, 0.3) is 0 Å². The molecule has 1 heterocycles. The summed E-state index contributed by atoms with van der Waals surface area (Å²) in [5.41, 5.74) is 10.5. The molecule has 1 aliphatic rings. The van der Waals surface area contributed by atoms with E-state index in [9.17, 15) is 9.59 Å². The van der Waals surface area contributed by atoms with Crippen LogP contribution in [0.1, 0.15) is 0 Å². The molecule has 5 N–H and O–H groups in total. The van der Waals surface area contributed by atoms with E-state index in [0.29, 0.717) is 19.8 Å². The van der Waals surface area contributed by atoms with E-state index in [2.05, 4.69) is 5.32 Å². The van der Waals surface area contributed by atoms with Crippen LogP contribution in [0.2, 0.25) is 0 Å². The van der Waals surface area contributed by atoms with Gasteiger partial charge in [0.25, 0.3) is 0 Å². The topological polar surface area (TPSA) is 117 Å². The van der Waals surface area contributed by atoms with Crippen LogP contribution in [0.4, 0.5) is 0 Å². The Morgan fingerprint density at radius 3 is 2.75 bits per heavy atom. The maximum Gasteiger partial charge on any atom is 0.243 e. The molecule has 7 nitrogen and oxygen atoms in total. The lowest BCUT2D eigenvalue weighted by Gasteiger charge is -2.13. The van der Waals surface area contributed by atoms with Gasteiger partial charge in [-0.3, -0.25) is 9.59 Å². The molecule has 92 valence electrons. The van der Waals surface area contributed by atoms with Crippen molar-refractivity contribution in [2.45, 2.75) is 6.04 Å². The van der Waals surface area contributed by atoms with Crippen molar-refractivity contribution in [2.75, 3.05) is 33.0 Å². The molecular weight excluding hydrogens is 214 g/mol. The molecule has 0 spiro atoms. The summed E-state index contributed by atoms with van der Waals surface area (Å²) in [6.07, 6.45) is 0. The predicted molar refractivity (Wildman–Crippen MR) is 55.3 cm³/mol. The molecule has 1 fully saturated rings. The van der Waals surface area contributed by atoms with Crippen molar-refractivity contribution in [3.63, 3.8) is 0 Å². The lowest BCUT2D eigenvalue weighted by molar-refractivity contribution is -0.125. The first-order chi connectivity index (χ1) is 7.61. The molecule has 2 unspecified atom stereocenters. The number of primary amides is 1. The molecule has 0 radical (unpaired) electrons. The van der Waals surface area contributed by atoms with Crippen molar-refractivity contribution in [3.05, 3.63) is 0 Å². The average Bonchev–Trinajstić information content (AvgIpc) is 2.63. The van der Waals surface area contributed by atoms with Crippen molar-refractivity contribution in [3.8, 4) is 0 Å². The average molecular weight is 231 g/mol. The van der Waals surface area contributed by atoms with Gasteiger partial charge in [-0.05, 0) is 0 Å². The Morgan fingerprint density at radius 1 is 1.44 bits per heavy atom. The molecule has 0 aliphatic carbocycles. The Hall–Kier alpha value is -1.18. The number of nitrogens with two attached hydrogens (primary N) is 2. The number of ether oxygens (including phenoxy) is 2. The number of amides is 2. The molecule has 2 atom stereocenters. The number of hydrogen-bond donors (Lipinski definition) is 3. The van der Waals surface area contributed by atoms with Gasteiger partial charge in [0.15, 0.2) is 0 Å². The van der Waals surface area contributed by atoms with E-state index in [1.54, 1.807) is 0 Å². The lowest BCUT2D eigenvalue weighted by atomic mass is 10.0. The van der Waals surface area contributed by atoms with Gasteiger partial charge >= 0.3 is 0 Å². The number of carbonyl (C=O) groups excluding carboxylic acids is 2. The zero-order valence-electron chi connectivity index (χ0n) is 8.98. The molecule has 1 saturated heterocycles. The summed E-state index contributed by atoms with van der Waals surface area (Å²) in [5, 5.41) is 2.65. The molecule has 0 aromatic carbocycles. The Kier molecular flexibility index (Phi) is 5.17. The largest absolute Gasteiger partial charge is 0.379 e. The molecular formula is C9H17N3O4. The summed E-state index contributed by atoms with van der Waals surface area (Å²) in [4.78, 5) is 21.9. The van der Waals surface area contributed by atoms with Crippen molar-refractivity contribution >= 4 is 11.8 Å². The second kappa shape index (κ2) is 6.41. The maximum atomic E-state index is 11.5. The standard InChI is InChI=1S/C9H17N3O4/c10-7-4-16-3-6(7)9(14)12-1-2-15-5-8(11)13/h6-7H,1-5,10H2,(H2,11,13)(H,12,14). The van der Waals surface area contributed by atoms with Gasteiger partial charge in [0.05, 0.1) is 25.7 Å². The van der Waals surface area contributed by atoms with E-state index >= 15 is 0 Å². The minimum atomic E-state index is -0.530. The second-order valence-electron chi connectivity index (χ2n) is 3.62. The minimum absolute atomic E-state index is 0.137. The highest BCUT2D eigenvalue weighted by atomic mass is 16.5. The van der Waals surface area contributed by atoms with Gasteiger partial charge in [-0.2, -0.15) is 0 Å².